The van der Waals surface area contributed by atoms with Gasteiger partial charge in [0.2, 0.25) is 0 Å². The van der Waals surface area contributed by atoms with Crippen molar-refractivity contribution in [1.29, 1.82) is 0 Å². The van der Waals surface area contributed by atoms with Crippen LogP contribution in [0.4, 0.5) is 0 Å². The first kappa shape index (κ1) is 13.6. The van der Waals surface area contributed by atoms with Crippen LogP contribution in [0.25, 0.3) is 10.9 Å². The second kappa shape index (κ2) is 5.19. The van der Waals surface area contributed by atoms with E-state index in [9.17, 15) is 4.79 Å². The van der Waals surface area contributed by atoms with Crippen molar-refractivity contribution in [3.63, 3.8) is 0 Å². The third kappa shape index (κ3) is 2.60. The summed E-state index contributed by atoms with van der Waals surface area (Å²) in [7, 11) is 0. The van der Waals surface area contributed by atoms with Crippen LogP contribution in [0, 0.1) is 13.8 Å². The third-order valence-corrected chi connectivity index (χ3v) is 3.80. The summed E-state index contributed by atoms with van der Waals surface area (Å²) in [5, 5.41) is 1.01. The highest BCUT2D eigenvalue weighted by atomic mass is 16.1. The largest absolute Gasteiger partial charge is 0.322 e. The van der Waals surface area contributed by atoms with Crippen molar-refractivity contribution in [2.45, 2.75) is 19.9 Å². The Morgan fingerprint density at radius 1 is 0.952 bits per heavy atom. The van der Waals surface area contributed by atoms with E-state index in [0.29, 0.717) is 5.56 Å². The predicted molar refractivity (Wildman–Crippen MR) is 86.5 cm³/mol. The average molecular weight is 278 g/mol. The van der Waals surface area contributed by atoms with Crippen molar-refractivity contribution in [2.75, 3.05) is 0 Å². The zero-order valence-electron chi connectivity index (χ0n) is 12.2. The summed E-state index contributed by atoms with van der Waals surface area (Å²) in [6, 6.07) is 15.4. The summed E-state index contributed by atoms with van der Waals surface area (Å²) in [5.74, 6) is 0. The molecule has 3 heteroatoms. The second-order valence-corrected chi connectivity index (χ2v) is 5.53. The standard InChI is InChI=1S/C18H18N2O/c1-11-3-6-13(7-4-11)17(19)15-10-14-9-12(2)5-8-16(14)20-18(15)21/h3-10,17H,19H2,1-2H3,(H,20,21). The number of nitrogens with two attached hydrogens (primary N) is 1. The maximum atomic E-state index is 12.3. The Balaban J connectivity index is 2.12. The van der Waals surface area contributed by atoms with Gasteiger partial charge in [0.1, 0.15) is 0 Å². The maximum Gasteiger partial charge on any atom is 0.253 e. The number of nitrogens with one attached hydrogen (secondary N) is 1. The Morgan fingerprint density at radius 2 is 1.62 bits per heavy atom. The molecule has 106 valence electrons. The van der Waals surface area contributed by atoms with Gasteiger partial charge in [0.25, 0.3) is 5.56 Å². The van der Waals surface area contributed by atoms with Gasteiger partial charge in [0, 0.05) is 11.1 Å². The van der Waals surface area contributed by atoms with Crippen molar-refractivity contribution in [3.05, 3.63) is 81.1 Å². The Kier molecular flexibility index (Phi) is 3.35. The van der Waals surface area contributed by atoms with Crippen LogP contribution >= 0.6 is 0 Å². The van der Waals surface area contributed by atoms with Gasteiger partial charge in [-0.05, 0) is 43.0 Å². The number of benzene rings is 2. The summed E-state index contributed by atoms with van der Waals surface area (Å²) in [6.07, 6.45) is 0. The monoisotopic (exact) mass is 278 g/mol. The number of aromatic amines is 1. The first-order chi connectivity index (χ1) is 10.0. The van der Waals surface area contributed by atoms with Gasteiger partial charge in [-0.15, -0.1) is 0 Å². The van der Waals surface area contributed by atoms with E-state index in [1.165, 1.54) is 5.56 Å². The highest BCUT2D eigenvalue weighted by Gasteiger charge is 2.13. The van der Waals surface area contributed by atoms with Crippen molar-refractivity contribution in [3.8, 4) is 0 Å². The quantitative estimate of drug-likeness (QED) is 0.756. The van der Waals surface area contributed by atoms with Gasteiger partial charge in [0.15, 0.2) is 0 Å². The van der Waals surface area contributed by atoms with Crippen LogP contribution < -0.4 is 11.3 Å². The molecule has 3 nitrogen and oxygen atoms in total. The molecular weight excluding hydrogens is 260 g/mol. The average Bonchev–Trinajstić information content (AvgIpc) is 2.47. The molecule has 1 aromatic heterocycles. The minimum Gasteiger partial charge on any atom is -0.322 e. The summed E-state index contributed by atoms with van der Waals surface area (Å²) in [5.41, 5.74) is 10.9. The molecule has 3 N–H and O–H groups in total. The van der Waals surface area contributed by atoms with Gasteiger partial charge in [-0.25, -0.2) is 0 Å². The lowest BCUT2D eigenvalue weighted by Gasteiger charge is -2.13. The number of rotatable bonds is 2. The number of aromatic nitrogens is 1. The van der Waals surface area contributed by atoms with Crippen molar-refractivity contribution in [2.24, 2.45) is 5.73 Å². The molecule has 0 bridgehead atoms. The first-order valence-electron chi connectivity index (χ1n) is 7.00. The summed E-state index contributed by atoms with van der Waals surface area (Å²) in [6.45, 7) is 4.06. The van der Waals surface area contributed by atoms with E-state index in [1.807, 2.05) is 56.3 Å². The van der Waals surface area contributed by atoms with E-state index in [4.69, 9.17) is 5.73 Å². The Bertz CT molecular complexity index is 847. The van der Waals surface area contributed by atoms with Crippen LogP contribution in [-0.4, -0.2) is 4.98 Å². The van der Waals surface area contributed by atoms with Gasteiger partial charge in [-0.1, -0.05) is 41.5 Å². The number of hydrogen-bond donors (Lipinski definition) is 2. The molecule has 0 radical (unpaired) electrons. The number of H-pyrrole nitrogens is 1. The molecule has 0 saturated heterocycles. The molecule has 1 heterocycles. The lowest BCUT2D eigenvalue weighted by Crippen LogP contribution is -2.22. The summed E-state index contributed by atoms with van der Waals surface area (Å²) >= 11 is 0. The van der Waals surface area contributed by atoms with Crippen LogP contribution in [0.15, 0.2) is 53.3 Å². The van der Waals surface area contributed by atoms with Gasteiger partial charge >= 0.3 is 0 Å². The van der Waals surface area contributed by atoms with E-state index in [1.54, 1.807) is 0 Å². The number of hydrogen-bond acceptors (Lipinski definition) is 2. The molecule has 2 aromatic carbocycles. The SMILES string of the molecule is Cc1ccc(C(N)c2cc3cc(C)ccc3[nH]c2=O)cc1. The molecular formula is C18H18N2O. The van der Waals surface area contributed by atoms with E-state index in [2.05, 4.69) is 11.1 Å². The fourth-order valence-electron chi connectivity index (χ4n) is 2.53. The normalized spacial score (nSPS) is 12.5. The molecule has 0 amide bonds. The van der Waals surface area contributed by atoms with Gasteiger partial charge in [0.05, 0.1) is 6.04 Å². The third-order valence-electron chi connectivity index (χ3n) is 3.80. The van der Waals surface area contributed by atoms with E-state index in [-0.39, 0.29) is 5.56 Å². The molecule has 0 fully saturated rings. The minimum absolute atomic E-state index is 0.126. The van der Waals surface area contributed by atoms with Crippen LogP contribution in [-0.2, 0) is 0 Å². The highest BCUT2D eigenvalue weighted by molar-refractivity contribution is 5.79. The lowest BCUT2D eigenvalue weighted by molar-refractivity contribution is 0.853. The van der Waals surface area contributed by atoms with E-state index in [0.717, 1.165) is 22.0 Å². The van der Waals surface area contributed by atoms with Gasteiger partial charge < -0.3 is 10.7 Å². The van der Waals surface area contributed by atoms with Crippen molar-refractivity contribution in [1.82, 2.24) is 4.98 Å². The zero-order valence-corrected chi connectivity index (χ0v) is 12.2. The molecule has 0 aliphatic rings. The number of fused-ring (bicyclic) bond motifs is 1. The van der Waals surface area contributed by atoms with Crippen LogP contribution in [0.3, 0.4) is 0 Å². The molecule has 0 spiro atoms. The molecule has 0 saturated carbocycles. The van der Waals surface area contributed by atoms with Crippen molar-refractivity contribution < 1.29 is 0 Å². The smallest absolute Gasteiger partial charge is 0.253 e. The molecule has 21 heavy (non-hydrogen) atoms. The molecule has 1 atom stereocenters. The fraction of sp³-hybridized carbons (Fsp3) is 0.167. The van der Waals surface area contributed by atoms with Crippen LogP contribution in [0.2, 0.25) is 0 Å². The van der Waals surface area contributed by atoms with E-state index < -0.39 is 6.04 Å². The fourth-order valence-corrected chi connectivity index (χ4v) is 2.53. The zero-order chi connectivity index (χ0) is 15.0. The highest BCUT2D eigenvalue weighted by Crippen LogP contribution is 2.20. The minimum atomic E-state index is -0.417. The van der Waals surface area contributed by atoms with Crippen LogP contribution in [0.1, 0.15) is 28.3 Å². The summed E-state index contributed by atoms with van der Waals surface area (Å²) < 4.78 is 0. The second-order valence-electron chi connectivity index (χ2n) is 5.53. The topological polar surface area (TPSA) is 58.9 Å². The first-order valence-corrected chi connectivity index (χ1v) is 7.00. The van der Waals surface area contributed by atoms with Gasteiger partial charge in [-0.3, -0.25) is 4.79 Å². The number of aryl methyl sites for hydroxylation is 2. The maximum absolute atomic E-state index is 12.3. The Labute approximate surface area is 123 Å². The predicted octanol–water partition coefficient (Wildman–Crippen LogP) is 3.19. The molecule has 0 aliphatic carbocycles. The van der Waals surface area contributed by atoms with Crippen molar-refractivity contribution >= 4 is 10.9 Å². The van der Waals surface area contributed by atoms with E-state index >= 15 is 0 Å². The van der Waals surface area contributed by atoms with Gasteiger partial charge in [-0.2, -0.15) is 0 Å². The molecule has 3 aromatic rings. The van der Waals surface area contributed by atoms with Crippen LogP contribution in [0.5, 0.6) is 0 Å². The molecule has 0 aliphatic heterocycles. The summed E-state index contributed by atoms with van der Waals surface area (Å²) in [4.78, 5) is 15.2. The lowest BCUT2D eigenvalue weighted by atomic mass is 9.98. The molecule has 3 rings (SSSR count). The Hall–Kier alpha value is -2.39. The Morgan fingerprint density at radius 3 is 2.33 bits per heavy atom. The molecule has 1 unspecified atom stereocenters. The number of pyridine rings is 1.